The quantitative estimate of drug-likeness (QED) is 0.178. The molecule has 9 nitrogen and oxygen atoms in total. The average molecular weight is 805 g/mol. The standard InChI is InChI=1S/C15H20F2N2O2.C11H12BrF2NO2.C10H12F2N2/c1-15(2,3)21-14(20)18-13-11(16)8-10(9-12(13)17)19-6-4-5-7-19;1-11(2,3)17-10(16)15-9-7(13)4-6(12)5-8(9)14;11-8-5-7(6-9(12)10(8)13)14-3-1-2-4-14/h8-9H,4-7H2,1-3H3,(H,18,20);4-5H,1-3H3,(H,15,16);5-6H,1-4,13H2. The Kier molecular flexibility index (Phi) is 14.5. The topological polar surface area (TPSA) is 109 Å². The summed E-state index contributed by atoms with van der Waals surface area (Å²) in [6, 6.07) is 7.17. The van der Waals surface area contributed by atoms with Crippen molar-refractivity contribution in [2.75, 3.05) is 52.3 Å². The molecule has 3 aromatic carbocycles. The second kappa shape index (κ2) is 17.9. The summed E-state index contributed by atoms with van der Waals surface area (Å²) >= 11 is 2.94. The number of carbonyl (C=O) groups excluding carboxylic acids is 2. The zero-order valence-electron chi connectivity index (χ0n) is 29.9. The van der Waals surface area contributed by atoms with Gasteiger partial charge >= 0.3 is 12.2 Å². The van der Waals surface area contributed by atoms with Gasteiger partial charge in [0.05, 0.1) is 0 Å². The molecule has 4 N–H and O–H groups in total. The van der Waals surface area contributed by atoms with Crippen LogP contribution >= 0.6 is 15.9 Å². The molecule has 16 heteroatoms. The number of nitrogens with two attached hydrogens (primary N) is 1. The third kappa shape index (κ3) is 13.0. The molecule has 2 amide bonds. The van der Waals surface area contributed by atoms with Gasteiger partial charge in [0.25, 0.3) is 0 Å². The molecule has 0 unspecified atom stereocenters. The molecule has 2 aliphatic heterocycles. The number of hydrogen-bond acceptors (Lipinski definition) is 7. The molecule has 0 aromatic heterocycles. The van der Waals surface area contributed by atoms with Crippen LogP contribution in [0.1, 0.15) is 67.2 Å². The Hall–Kier alpha value is -4.34. The molecule has 0 aliphatic carbocycles. The Morgan fingerprint density at radius 3 is 1.19 bits per heavy atom. The van der Waals surface area contributed by atoms with Gasteiger partial charge in [-0.25, -0.2) is 35.9 Å². The first-order valence-corrected chi connectivity index (χ1v) is 17.3. The number of ether oxygens (including phenoxy) is 2. The van der Waals surface area contributed by atoms with Gasteiger partial charge in [-0.05, 0) is 104 Å². The van der Waals surface area contributed by atoms with E-state index in [0.717, 1.165) is 64.0 Å². The van der Waals surface area contributed by atoms with Gasteiger partial charge in [-0.15, -0.1) is 0 Å². The van der Waals surface area contributed by atoms with E-state index >= 15 is 0 Å². The molecule has 52 heavy (non-hydrogen) atoms. The summed E-state index contributed by atoms with van der Waals surface area (Å²) in [5.41, 5.74) is 3.41. The molecule has 3 aromatic rings. The highest BCUT2D eigenvalue weighted by molar-refractivity contribution is 9.10. The van der Waals surface area contributed by atoms with Crippen molar-refractivity contribution >= 4 is 56.6 Å². The molecular weight excluding hydrogens is 760 g/mol. The molecule has 2 aliphatic rings. The van der Waals surface area contributed by atoms with E-state index in [0.29, 0.717) is 11.4 Å². The molecule has 286 valence electrons. The van der Waals surface area contributed by atoms with E-state index in [1.807, 2.05) is 15.1 Å². The number of carbonyl (C=O) groups is 2. The third-order valence-corrected chi connectivity index (χ3v) is 7.75. The number of benzene rings is 3. The van der Waals surface area contributed by atoms with Crippen molar-refractivity contribution in [1.29, 1.82) is 0 Å². The lowest BCUT2D eigenvalue weighted by atomic mass is 10.2. The first-order valence-electron chi connectivity index (χ1n) is 16.5. The zero-order valence-corrected chi connectivity index (χ0v) is 31.5. The van der Waals surface area contributed by atoms with Crippen molar-refractivity contribution in [3.05, 3.63) is 75.8 Å². The minimum Gasteiger partial charge on any atom is -0.444 e. The van der Waals surface area contributed by atoms with Crippen molar-refractivity contribution < 1.29 is 45.4 Å². The van der Waals surface area contributed by atoms with Crippen LogP contribution in [0.4, 0.5) is 64.4 Å². The van der Waals surface area contributed by atoms with Gasteiger partial charge < -0.3 is 25.0 Å². The van der Waals surface area contributed by atoms with Gasteiger partial charge in [0.2, 0.25) is 0 Å². The minimum absolute atomic E-state index is 0.252. The van der Waals surface area contributed by atoms with E-state index in [2.05, 4.69) is 21.2 Å². The number of amides is 2. The summed E-state index contributed by atoms with van der Waals surface area (Å²) in [5, 5.41) is 4.15. The van der Waals surface area contributed by atoms with Crippen molar-refractivity contribution in [3.63, 3.8) is 0 Å². The van der Waals surface area contributed by atoms with E-state index in [9.17, 15) is 35.9 Å². The van der Waals surface area contributed by atoms with E-state index in [1.165, 1.54) is 24.3 Å². The second-order valence-corrected chi connectivity index (χ2v) is 14.9. The fraction of sp³-hybridized carbons (Fsp3) is 0.444. The molecular formula is C36H44BrF6N5O4. The summed E-state index contributed by atoms with van der Waals surface area (Å²) < 4.78 is 91.1. The van der Waals surface area contributed by atoms with Crippen LogP contribution < -0.4 is 26.2 Å². The van der Waals surface area contributed by atoms with E-state index in [4.69, 9.17) is 15.2 Å². The lowest BCUT2D eigenvalue weighted by Crippen LogP contribution is -2.28. The number of nitrogen functional groups attached to an aromatic ring is 1. The van der Waals surface area contributed by atoms with E-state index < -0.39 is 75.4 Å². The Morgan fingerprint density at radius 1 is 0.596 bits per heavy atom. The lowest BCUT2D eigenvalue weighted by Gasteiger charge is -2.21. The van der Waals surface area contributed by atoms with Crippen molar-refractivity contribution in [2.45, 2.75) is 78.4 Å². The number of anilines is 5. The summed E-state index contributed by atoms with van der Waals surface area (Å²) in [5.74, 6) is -4.70. The fourth-order valence-electron chi connectivity index (χ4n) is 5.04. The minimum atomic E-state index is -0.905. The van der Waals surface area contributed by atoms with Gasteiger partial charge in [0.1, 0.15) is 28.3 Å². The van der Waals surface area contributed by atoms with E-state index in [1.54, 1.807) is 41.5 Å². The van der Waals surface area contributed by atoms with Gasteiger partial charge in [0.15, 0.2) is 34.9 Å². The zero-order chi connectivity index (χ0) is 39.0. The summed E-state index contributed by atoms with van der Waals surface area (Å²) in [7, 11) is 0. The number of halogens is 7. The first kappa shape index (κ1) is 42.1. The number of nitrogens with zero attached hydrogens (tertiary/aromatic N) is 2. The predicted octanol–water partition coefficient (Wildman–Crippen LogP) is 10.1. The van der Waals surface area contributed by atoms with Gasteiger partial charge in [-0.1, -0.05) is 15.9 Å². The van der Waals surface area contributed by atoms with E-state index in [-0.39, 0.29) is 4.47 Å². The van der Waals surface area contributed by atoms with Crippen LogP contribution in [0.2, 0.25) is 0 Å². The number of rotatable bonds is 4. The SMILES string of the molecule is CC(C)(C)OC(=O)Nc1c(F)cc(Br)cc1F.CC(C)(C)OC(=O)Nc1c(F)cc(N2CCCC2)cc1F.Nc1c(F)cc(N2CCCC2)cc1F. The van der Waals surface area contributed by atoms with Gasteiger partial charge in [-0.2, -0.15) is 0 Å². The molecule has 0 bridgehead atoms. The molecule has 0 spiro atoms. The van der Waals surface area contributed by atoms with Crippen LogP contribution in [-0.2, 0) is 9.47 Å². The average Bonchev–Trinajstić information content (AvgIpc) is 3.74. The summed E-state index contributed by atoms with van der Waals surface area (Å²) in [6.45, 7) is 13.3. The highest BCUT2D eigenvalue weighted by atomic mass is 79.9. The summed E-state index contributed by atoms with van der Waals surface area (Å²) in [4.78, 5) is 26.8. The molecule has 0 radical (unpaired) electrons. The van der Waals surface area contributed by atoms with Crippen molar-refractivity contribution in [1.82, 2.24) is 0 Å². The number of hydrogen-bond donors (Lipinski definition) is 3. The maximum absolute atomic E-state index is 14.0. The smallest absolute Gasteiger partial charge is 0.412 e. The van der Waals surface area contributed by atoms with Crippen LogP contribution in [0, 0.1) is 34.9 Å². The molecule has 2 heterocycles. The highest BCUT2D eigenvalue weighted by Gasteiger charge is 2.23. The number of nitrogens with one attached hydrogen (secondary N) is 2. The van der Waals surface area contributed by atoms with Crippen LogP contribution in [-0.4, -0.2) is 49.6 Å². The third-order valence-electron chi connectivity index (χ3n) is 7.29. The lowest BCUT2D eigenvalue weighted by molar-refractivity contribution is 0.0623. The Bertz CT molecular complexity index is 1650. The maximum Gasteiger partial charge on any atom is 0.412 e. The molecule has 2 fully saturated rings. The summed E-state index contributed by atoms with van der Waals surface area (Å²) in [6.07, 6.45) is 2.40. The van der Waals surface area contributed by atoms with Crippen LogP contribution in [0.15, 0.2) is 40.9 Å². The van der Waals surface area contributed by atoms with Crippen molar-refractivity contribution in [3.8, 4) is 0 Å². The van der Waals surface area contributed by atoms with Gasteiger partial charge in [0, 0.05) is 42.0 Å². The second-order valence-electron chi connectivity index (χ2n) is 14.0. The van der Waals surface area contributed by atoms with Gasteiger partial charge in [-0.3, -0.25) is 10.6 Å². The maximum atomic E-state index is 14.0. The van der Waals surface area contributed by atoms with Crippen LogP contribution in [0.25, 0.3) is 0 Å². The molecule has 5 rings (SSSR count). The Balaban J connectivity index is 0.000000215. The Morgan fingerprint density at radius 2 is 0.885 bits per heavy atom. The predicted molar refractivity (Wildman–Crippen MR) is 194 cm³/mol. The monoisotopic (exact) mass is 803 g/mol. The Labute approximate surface area is 307 Å². The van der Waals surface area contributed by atoms with Crippen molar-refractivity contribution in [2.24, 2.45) is 0 Å². The highest BCUT2D eigenvalue weighted by Crippen LogP contribution is 2.29. The van der Waals surface area contributed by atoms with Crippen LogP contribution in [0.3, 0.4) is 0 Å². The largest absolute Gasteiger partial charge is 0.444 e. The fourth-order valence-corrected chi connectivity index (χ4v) is 5.44. The van der Waals surface area contributed by atoms with Crippen LogP contribution in [0.5, 0.6) is 0 Å². The normalized spacial score (nSPS) is 14.2. The first-order chi connectivity index (χ1) is 24.1. The molecule has 0 saturated carbocycles. The molecule has 2 saturated heterocycles. The molecule has 0 atom stereocenters.